The average molecular weight is 316 g/mol. The molecule has 1 N–H and O–H groups in total. The maximum Gasteiger partial charge on any atom is 0.0931 e. The van der Waals surface area contributed by atoms with Crippen LogP contribution in [0.3, 0.4) is 0 Å². The molecule has 0 saturated carbocycles. The monoisotopic (exact) mass is 315 g/mol. The van der Waals surface area contributed by atoms with Crippen LogP contribution in [0.2, 0.25) is 4.34 Å². The topological polar surface area (TPSA) is 12.0 Å². The number of fused-ring (bicyclic) bond motifs is 1. The molecule has 3 rings (SSSR count). The Balaban J connectivity index is 1.86. The zero-order valence-corrected chi connectivity index (χ0v) is 13.5. The van der Waals surface area contributed by atoms with Gasteiger partial charge in [-0.3, -0.25) is 0 Å². The van der Waals surface area contributed by atoms with E-state index in [1.54, 1.807) is 11.3 Å². The van der Waals surface area contributed by atoms with Gasteiger partial charge in [-0.1, -0.05) is 61.0 Å². The average Bonchev–Trinajstić information content (AvgIpc) is 2.93. The maximum absolute atomic E-state index is 6.08. The number of hydrogen-bond acceptors (Lipinski definition) is 2. The fourth-order valence-corrected chi connectivity index (χ4v) is 3.77. The van der Waals surface area contributed by atoms with Crippen LogP contribution in [0.15, 0.2) is 54.6 Å². The lowest BCUT2D eigenvalue weighted by molar-refractivity contribution is 0.558. The molecule has 1 nitrogen and oxygen atoms in total. The smallest absolute Gasteiger partial charge is 0.0931 e. The Morgan fingerprint density at radius 3 is 2.57 bits per heavy atom. The molecule has 2 aromatic carbocycles. The third kappa shape index (κ3) is 3.46. The first-order valence-corrected chi connectivity index (χ1v) is 8.42. The Bertz CT molecular complexity index is 735. The molecule has 0 aliphatic rings. The molecule has 0 radical (unpaired) electrons. The number of nitrogens with one attached hydrogen (secondary N) is 1. The standard InChI is InChI=1S/C18H18ClNS/c1-2-20-16(17-9-10-18(19)21-17)12-13-7-8-14-5-3-4-6-15(14)11-13/h3-11,16,20H,2,12H2,1H3. The van der Waals surface area contributed by atoms with Crippen molar-refractivity contribution in [2.24, 2.45) is 0 Å². The molecule has 0 saturated heterocycles. The van der Waals surface area contributed by atoms with Gasteiger partial charge in [-0.25, -0.2) is 0 Å². The Labute approximate surface area is 134 Å². The molecule has 1 aromatic heterocycles. The Morgan fingerprint density at radius 1 is 1.05 bits per heavy atom. The first-order valence-electron chi connectivity index (χ1n) is 7.22. The predicted molar refractivity (Wildman–Crippen MR) is 93.4 cm³/mol. The van der Waals surface area contributed by atoms with E-state index >= 15 is 0 Å². The molecule has 1 unspecified atom stereocenters. The molecule has 1 heterocycles. The first kappa shape index (κ1) is 14.6. The molecule has 1 atom stereocenters. The fourth-order valence-electron chi connectivity index (χ4n) is 2.64. The van der Waals surface area contributed by atoms with Gasteiger partial charge in [-0.2, -0.15) is 0 Å². The SMILES string of the molecule is CCNC(Cc1ccc2ccccc2c1)c1ccc(Cl)s1. The summed E-state index contributed by atoms with van der Waals surface area (Å²) in [4.78, 5) is 1.30. The first-order chi connectivity index (χ1) is 10.3. The predicted octanol–water partition coefficient (Wildman–Crippen LogP) is 5.45. The number of benzene rings is 2. The molecule has 0 fully saturated rings. The van der Waals surface area contributed by atoms with Crippen LogP contribution < -0.4 is 5.32 Å². The summed E-state index contributed by atoms with van der Waals surface area (Å²) in [5.74, 6) is 0. The molecule has 3 aromatic rings. The highest BCUT2D eigenvalue weighted by Crippen LogP contribution is 2.29. The van der Waals surface area contributed by atoms with Crippen LogP contribution in [-0.2, 0) is 6.42 Å². The van der Waals surface area contributed by atoms with Crippen molar-refractivity contribution < 1.29 is 0 Å². The minimum Gasteiger partial charge on any atom is -0.309 e. The molecular formula is C18H18ClNS. The van der Waals surface area contributed by atoms with Crippen LogP contribution >= 0.6 is 22.9 Å². The van der Waals surface area contributed by atoms with E-state index in [0.717, 1.165) is 17.3 Å². The number of hydrogen-bond donors (Lipinski definition) is 1. The van der Waals surface area contributed by atoms with Crippen molar-refractivity contribution in [2.45, 2.75) is 19.4 Å². The van der Waals surface area contributed by atoms with E-state index in [9.17, 15) is 0 Å². The number of likely N-dealkylation sites (N-methyl/N-ethyl adjacent to an activating group) is 1. The van der Waals surface area contributed by atoms with E-state index in [4.69, 9.17) is 11.6 Å². The molecule has 0 aliphatic heterocycles. The number of thiophene rings is 1. The largest absolute Gasteiger partial charge is 0.309 e. The van der Waals surface area contributed by atoms with Gasteiger partial charge < -0.3 is 5.32 Å². The highest BCUT2D eigenvalue weighted by Gasteiger charge is 2.13. The highest BCUT2D eigenvalue weighted by molar-refractivity contribution is 7.16. The maximum atomic E-state index is 6.08. The summed E-state index contributed by atoms with van der Waals surface area (Å²) in [6, 6.07) is 19.6. The van der Waals surface area contributed by atoms with Crippen LogP contribution in [-0.4, -0.2) is 6.54 Å². The molecule has 0 aliphatic carbocycles. The lowest BCUT2D eigenvalue weighted by Crippen LogP contribution is -2.22. The molecular weight excluding hydrogens is 298 g/mol. The lowest BCUT2D eigenvalue weighted by Gasteiger charge is -2.17. The van der Waals surface area contributed by atoms with Gasteiger partial charge in [0.15, 0.2) is 0 Å². The van der Waals surface area contributed by atoms with Crippen molar-refractivity contribution in [1.29, 1.82) is 0 Å². The third-order valence-corrected chi connectivity index (χ3v) is 4.99. The van der Waals surface area contributed by atoms with Crippen LogP contribution in [0, 0.1) is 0 Å². The summed E-state index contributed by atoms with van der Waals surface area (Å²) in [5, 5.41) is 6.15. The zero-order chi connectivity index (χ0) is 14.7. The zero-order valence-electron chi connectivity index (χ0n) is 12.0. The van der Waals surface area contributed by atoms with E-state index in [1.165, 1.54) is 21.2 Å². The fraction of sp³-hybridized carbons (Fsp3) is 0.222. The summed E-state index contributed by atoms with van der Waals surface area (Å²) in [7, 11) is 0. The summed E-state index contributed by atoms with van der Waals surface area (Å²) in [6.45, 7) is 3.09. The second kappa shape index (κ2) is 6.61. The summed E-state index contributed by atoms with van der Waals surface area (Å²) in [6.07, 6.45) is 0.982. The second-order valence-corrected chi connectivity index (χ2v) is 6.88. The van der Waals surface area contributed by atoms with Crippen molar-refractivity contribution >= 4 is 33.7 Å². The molecule has 0 spiro atoms. The van der Waals surface area contributed by atoms with Crippen LogP contribution in [0.4, 0.5) is 0 Å². The Kier molecular flexibility index (Phi) is 4.59. The number of halogens is 1. The van der Waals surface area contributed by atoms with Crippen molar-refractivity contribution in [3.63, 3.8) is 0 Å². The minimum atomic E-state index is 0.327. The minimum absolute atomic E-state index is 0.327. The lowest BCUT2D eigenvalue weighted by atomic mass is 10.0. The van der Waals surface area contributed by atoms with E-state index in [1.807, 2.05) is 6.07 Å². The van der Waals surface area contributed by atoms with Crippen LogP contribution in [0.5, 0.6) is 0 Å². The van der Waals surface area contributed by atoms with Crippen molar-refractivity contribution in [3.05, 3.63) is 69.4 Å². The van der Waals surface area contributed by atoms with E-state index in [-0.39, 0.29) is 0 Å². The number of rotatable bonds is 5. The highest BCUT2D eigenvalue weighted by atomic mass is 35.5. The molecule has 21 heavy (non-hydrogen) atoms. The van der Waals surface area contributed by atoms with Gasteiger partial charge in [0, 0.05) is 10.9 Å². The van der Waals surface area contributed by atoms with Gasteiger partial charge in [0.05, 0.1) is 4.34 Å². The summed E-state index contributed by atoms with van der Waals surface area (Å²) >= 11 is 7.74. The van der Waals surface area contributed by atoms with Gasteiger partial charge in [0.1, 0.15) is 0 Å². The van der Waals surface area contributed by atoms with Gasteiger partial charge >= 0.3 is 0 Å². The quantitative estimate of drug-likeness (QED) is 0.660. The van der Waals surface area contributed by atoms with Crippen LogP contribution in [0.25, 0.3) is 10.8 Å². The van der Waals surface area contributed by atoms with Crippen molar-refractivity contribution in [1.82, 2.24) is 5.32 Å². The van der Waals surface area contributed by atoms with E-state index in [2.05, 4.69) is 60.8 Å². The van der Waals surface area contributed by atoms with Crippen molar-refractivity contribution in [2.75, 3.05) is 6.54 Å². The second-order valence-electron chi connectivity index (χ2n) is 5.14. The molecule has 0 bridgehead atoms. The van der Waals surface area contributed by atoms with Gasteiger partial charge in [0.25, 0.3) is 0 Å². The van der Waals surface area contributed by atoms with Gasteiger partial charge in [-0.05, 0) is 41.4 Å². The van der Waals surface area contributed by atoms with Gasteiger partial charge in [0.2, 0.25) is 0 Å². The third-order valence-electron chi connectivity index (χ3n) is 3.64. The summed E-state index contributed by atoms with van der Waals surface area (Å²) in [5.41, 5.74) is 1.35. The van der Waals surface area contributed by atoms with E-state index in [0.29, 0.717) is 6.04 Å². The van der Waals surface area contributed by atoms with Gasteiger partial charge in [-0.15, -0.1) is 11.3 Å². The van der Waals surface area contributed by atoms with Crippen molar-refractivity contribution in [3.8, 4) is 0 Å². The van der Waals surface area contributed by atoms with Crippen LogP contribution in [0.1, 0.15) is 23.4 Å². The Morgan fingerprint density at radius 2 is 1.86 bits per heavy atom. The molecule has 0 amide bonds. The Hall–Kier alpha value is -1.35. The normalized spacial score (nSPS) is 12.7. The molecule has 108 valence electrons. The molecule has 3 heteroatoms. The summed E-state index contributed by atoms with van der Waals surface area (Å²) < 4.78 is 0.853. The van der Waals surface area contributed by atoms with E-state index < -0.39 is 0 Å².